The summed E-state index contributed by atoms with van der Waals surface area (Å²) < 4.78 is 11.4. The second-order valence-corrected chi connectivity index (χ2v) is 4.53. The molecular weight excluding hydrogens is 249 g/mol. The molecule has 0 aliphatic rings. The van der Waals surface area contributed by atoms with Gasteiger partial charge in [-0.2, -0.15) is 0 Å². The number of halogens is 2. The van der Waals surface area contributed by atoms with Crippen LogP contribution < -0.4 is 0 Å². The SMILES string of the molecule is O=[N+]([O-])C[S+]([O-])c1cccc(Cl)c1Cl. The lowest BCUT2D eigenvalue weighted by molar-refractivity contribution is -0.458. The first kappa shape index (κ1) is 11.6. The van der Waals surface area contributed by atoms with Crippen molar-refractivity contribution in [3.8, 4) is 0 Å². The largest absolute Gasteiger partial charge is 0.606 e. The molecule has 0 heterocycles. The second kappa shape index (κ2) is 4.84. The maximum absolute atomic E-state index is 11.4. The number of nitro groups is 1. The standard InChI is InChI=1S/C7H5Cl2NO3S/c8-5-2-1-3-6(7(5)9)14(13)4-10(11)12/h1-3H,4H2. The predicted octanol–water partition coefficient (Wildman–Crippen LogP) is 2.34. The van der Waals surface area contributed by atoms with Gasteiger partial charge in [0.25, 0.3) is 0 Å². The van der Waals surface area contributed by atoms with Crippen LogP contribution >= 0.6 is 23.2 Å². The fourth-order valence-corrected chi connectivity index (χ4v) is 2.31. The smallest absolute Gasteiger partial charge is 0.353 e. The van der Waals surface area contributed by atoms with E-state index in [4.69, 9.17) is 23.2 Å². The van der Waals surface area contributed by atoms with E-state index in [-0.39, 0.29) is 14.9 Å². The maximum Gasteiger partial charge on any atom is 0.353 e. The van der Waals surface area contributed by atoms with Crippen molar-refractivity contribution >= 4 is 34.4 Å². The average molecular weight is 254 g/mol. The average Bonchev–Trinajstić information content (AvgIpc) is 2.08. The Bertz CT molecular complexity index is 361. The lowest BCUT2D eigenvalue weighted by atomic mass is 10.4. The van der Waals surface area contributed by atoms with Gasteiger partial charge in [-0.25, -0.2) is 0 Å². The molecule has 4 nitrogen and oxygen atoms in total. The van der Waals surface area contributed by atoms with E-state index in [2.05, 4.69) is 0 Å². The highest BCUT2D eigenvalue weighted by Gasteiger charge is 2.21. The van der Waals surface area contributed by atoms with Crippen molar-refractivity contribution < 1.29 is 9.48 Å². The van der Waals surface area contributed by atoms with Crippen molar-refractivity contribution in [1.82, 2.24) is 0 Å². The molecule has 76 valence electrons. The molecule has 0 saturated heterocycles. The van der Waals surface area contributed by atoms with Crippen molar-refractivity contribution in [1.29, 1.82) is 0 Å². The quantitative estimate of drug-likeness (QED) is 0.472. The highest BCUT2D eigenvalue weighted by atomic mass is 35.5. The number of rotatable bonds is 3. The Labute approximate surface area is 93.2 Å². The molecule has 0 fully saturated rings. The van der Waals surface area contributed by atoms with E-state index < -0.39 is 22.0 Å². The molecule has 0 spiro atoms. The van der Waals surface area contributed by atoms with Gasteiger partial charge in [0.05, 0.1) is 21.1 Å². The van der Waals surface area contributed by atoms with E-state index in [1.165, 1.54) is 12.1 Å². The van der Waals surface area contributed by atoms with Crippen LogP contribution in [-0.4, -0.2) is 15.4 Å². The van der Waals surface area contributed by atoms with Gasteiger partial charge in [-0.1, -0.05) is 29.3 Å². The molecule has 1 aromatic rings. The summed E-state index contributed by atoms with van der Waals surface area (Å²) in [6.07, 6.45) is 0. The van der Waals surface area contributed by atoms with Crippen LogP contribution in [0.5, 0.6) is 0 Å². The molecule has 0 saturated carbocycles. The molecule has 0 aliphatic carbocycles. The van der Waals surface area contributed by atoms with Gasteiger partial charge in [-0.05, 0) is 12.1 Å². The van der Waals surface area contributed by atoms with Crippen molar-refractivity contribution in [2.45, 2.75) is 4.90 Å². The zero-order valence-corrected chi connectivity index (χ0v) is 9.10. The maximum atomic E-state index is 11.4. The molecular formula is C7H5Cl2NO3S. The Morgan fingerprint density at radius 2 is 2.07 bits per heavy atom. The molecule has 0 aromatic heterocycles. The minimum Gasteiger partial charge on any atom is -0.606 e. The van der Waals surface area contributed by atoms with Crippen LogP contribution in [0.3, 0.4) is 0 Å². The molecule has 0 aliphatic heterocycles. The van der Waals surface area contributed by atoms with Crippen LogP contribution in [0.15, 0.2) is 23.1 Å². The predicted molar refractivity (Wildman–Crippen MR) is 54.7 cm³/mol. The summed E-state index contributed by atoms with van der Waals surface area (Å²) in [5, 5.41) is 10.5. The van der Waals surface area contributed by atoms with Gasteiger partial charge in [-0.15, -0.1) is 0 Å². The van der Waals surface area contributed by atoms with Crippen LogP contribution in [0.2, 0.25) is 10.0 Å². The molecule has 0 radical (unpaired) electrons. The van der Waals surface area contributed by atoms with Crippen molar-refractivity contribution in [2.75, 3.05) is 5.88 Å². The second-order valence-electron chi connectivity index (χ2n) is 2.36. The van der Waals surface area contributed by atoms with Crippen LogP contribution in [0, 0.1) is 10.1 Å². The van der Waals surface area contributed by atoms with E-state index >= 15 is 0 Å². The molecule has 0 N–H and O–H groups in total. The summed E-state index contributed by atoms with van der Waals surface area (Å²) in [4.78, 5) is 9.65. The molecule has 0 bridgehead atoms. The zero-order valence-electron chi connectivity index (χ0n) is 6.78. The topological polar surface area (TPSA) is 66.2 Å². The number of benzene rings is 1. The van der Waals surface area contributed by atoms with E-state index in [1.54, 1.807) is 6.07 Å². The molecule has 0 amide bonds. The van der Waals surface area contributed by atoms with Gasteiger partial charge in [0, 0.05) is 0 Å². The van der Waals surface area contributed by atoms with Gasteiger partial charge in [0.2, 0.25) is 0 Å². The van der Waals surface area contributed by atoms with E-state index in [9.17, 15) is 14.7 Å². The van der Waals surface area contributed by atoms with Gasteiger partial charge < -0.3 is 4.55 Å². The Morgan fingerprint density at radius 3 is 2.64 bits per heavy atom. The third-order valence-corrected chi connectivity index (χ3v) is 3.59. The molecule has 1 atom stereocenters. The lowest BCUT2D eigenvalue weighted by Gasteiger charge is -2.07. The number of hydrogen-bond acceptors (Lipinski definition) is 3. The number of nitrogens with zero attached hydrogens (tertiary/aromatic N) is 1. The van der Waals surface area contributed by atoms with Gasteiger partial charge in [0.15, 0.2) is 4.90 Å². The molecule has 14 heavy (non-hydrogen) atoms. The summed E-state index contributed by atoms with van der Waals surface area (Å²) in [6, 6.07) is 4.52. The highest BCUT2D eigenvalue weighted by molar-refractivity contribution is 7.91. The Balaban J connectivity index is 2.95. The number of hydrogen-bond donors (Lipinski definition) is 0. The van der Waals surface area contributed by atoms with Crippen LogP contribution in [0.4, 0.5) is 0 Å². The van der Waals surface area contributed by atoms with Crippen LogP contribution in [0.25, 0.3) is 0 Å². The first-order chi connectivity index (χ1) is 6.52. The van der Waals surface area contributed by atoms with Crippen LogP contribution in [0.1, 0.15) is 0 Å². The Kier molecular flexibility index (Phi) is 4.00. The monoisotopic (exact) mass is 253 g/mol. The van der Waals surface area contributed by atoms with Gasteiger partial charge in [-0.3, -0.25) is 10.1 Å². The Hall–Kier alpha value is -0.490. The first-order valence-electron chi connectivity index (χ1n) is 3.46. The van der Waals surface area contributed by atoms with Crippen LogP contribution in [-0.2, 0) is 11.2 Å². The highest BCUT2D eigenvalue weighted by Crippen LogP contribution is 2.29. The Morgan fingerprint density at radius 1 is 1.43 bits per heavy atom. The van der Waals surface area contributed by atoms with Crippen molar-refractivity contribution in [2.24, 2.45) is 0 Å². The summed E-state index contributed by atoms with van der Waals surface area (Å²) in [6.45, 7) is 0. The minimum absolute atomic E-state index is 0.106. The van der Waals surface area contributed by atoms with E-state index in [0.29, 0.717) is 0 Å². The third kappa shape index (κ3) is 2.75. The molecule has 1 unspecified atom stereocenters. The summed E-state index contributed by atoms with van der Waals surface area (Å²) in [7, 11) is 0. The first-order valence-corrected chi connectivity index (χ1v) is 5.54. The van der Waals surface area contributed by atoms with E-state index in [0.717, 1.165) is 0 Å². The lowest BCUT2D eigenvalue weighted by Crippen LogP contribution is -2.14. The normalized spacial score (nSPS) is 12.5. The fourth-order valence-electron chi connectivity index (χ4n) is 0.825. The van der Waals surface area contributed by atoms with Crippen molar-refractivity contribution in [3.63, 3.8) is 0 Å². The molecule has 7 heteroatoms. The van der Waals surface area contributed by atoms with Gasteiger partial charge in [0.1, 0.15) is 5.02 Å². The van der Waals surface area contributed by atoms with E-state index in [1.807, 2.05) is 0 Å². The molecule has 1 rings (SSSR count). The van der Waals surface area contributed by atoms with Gasteiger partial charge >= 0.3 is 5.88 Å². The summed E-state index contributed by atoms with van der Waals surface area (Å²) >= 11 is 9.63. The minimum atomic E-state index is -1.75. The fraction of sp³-hybridized carbons (Fsp3) is 0.143. The third-order valence-electron chi connectivity index (χ3n) is 1.38. The summed E-state index contributed by atoms with van der Waals surface area (Å²) in [5.74, 6) is -0.667. The zero-order chi connectivity index (χ0) is 10.7. The molecule has 1 aromatic carbocycles. The summed E-state index contributed by atoms with van der Waals surface area (Å²) in [5.41, 5.74) is 0. The van der Waals surface area contributed by atoms with Crippen molar-refractivity contribution in [3.05, 3.63) is 38.4 Å².